The van der Waals surface area contributed by atoms with Gasteiger partial charge in [-0.25, -0.2) is 9.67 Å². The Morgan fingerprint density at radius 2 is 2.05 bits per heavy atom. The van der Waals surface area contributed by atoms with Crippen molar-refractivity contribution in [1.29, 1.82) is 0 Å². The summed E-state index contributed by atoms with van der Waals surface area (Å²) in [5.74, 6) is 1.09. The van der Waals surface area contributed by atoms with Gasteiger partial charge in [-0.05, 0) is 20.9 Å². The van der Waals surface area contributed by atoms with E-state index < -0.39 is 0 Å². The number of rotatable bonds is 5. The molecule has 2 atom stereocenters. The molecule has 3 fully saturated rings. The molecule has 3 aliphatic heterocycles. The first-order valence-electron chi connectivity index (χ1n) is 7.71. The van der Waals surface area contributed by atoms with Crippen molar-refractivity contribution in [3.8, 4) is 0 Å². The third-order valence-corrected chi connectivity index (χ3v) is 4.70. The van der Waals surface area contributed by atoms with Crippen LogP contribution in [0.5, 0.6) is 0 Å². The maximum absolute atomic E-state index is 4.46. The van der Waals surface area contributed by atoms with Crippen molar-refractivity contribution in [2.24, 2.45) is 0 Å². The lowest BCUT2D eigenvalue weighted by Gasteiger charge is -2.50. The van der Waals surface area contributed by atoms with Crippen molar-refractivity contribution in [3.63, 3.8) is 0 Å². The first-order chi connectivity index (χ1) is 9.69. The Balaban J connectivity index is 1.72. The second kappa shape index (κ2) is 5.79. The predicted octanol–water partition coefficient (Wildman–Crippen LogP) is -0.0107. The summed E-state index contributed by atoms with van der Waals surface area (Å²) in [6, 6.07) is 1.41. The van der Waals surface area contributed by atoms with E-state index in [2.05, 4.69) is 46.1 Å². The van der Waals surface area contributed by atoms with Crippen LogP contribution in [0.15, 0.2) is 6.33 Å². The Labute approximate surface area is 121 Å². The summed E-state index contributed by atoms with van der Waals surface area (Å²) in [4.78, 5) is 9.68. The van der Waals surface area contributed by atoms with E-state index in [1.807, 2.05) is 4.68 Å². The van der Waals surface area contributed by atoms with Crippen molar-refractivity contribution in [3.05, 3.63) is 12.2 Å². The van der Waals surface area contributed by atoms with Gasteiger partial charge in [0.1, 0.15) is 12.2 Å². The SMILES string of the molecule is CNC(Cc1ncnn1C(C)C)C1CN2CCN1CC2. The highest BCUT2D eigenvalue weighted by molar-refractivity contribution is 5.00. The summed E-state index contributed by atoms with van der Waals surface area (Å²) in [6.07, 6.45) is 2.63. The second-order valence-corrected chi connectivity index (χ2v) is 6.22. The average Bonchev–Trinajstić information content (AvgIpc) is 2.94. The smallest absolute Gasteiger partial charge is 0.138 e. The Morgan fingerprint density at radius 3 is 2.60 bits per heavy atom. The van der Waals surface area contributed by atoms with Crippen LogP contribution in [0.2, 0.25) is 0 Å². The molecule has 2 unspecified atom stereocenters. The molecule has 0 aromatic carbocycles. The van der Waals surface area contributed by atoms with E-state index in [4.69, 9.17) is 0 Å². The zero-order valence-corrected chi connectivity index (χ0v) is 12.8. The molecule has 1 aromatic heterocycles. The maximum Gasteiger partial charge on any atom is 0.138 e. The molecular formula is C14H26N6. The summed E-state index contributed by atoms with van der Waals surface area (Å²) in [6.45, 7) is 10.4. The van der Waals surface area contributed by atoms with Gasteiger partial charge < -0.3 is 5.32 Å². The van der Waals surface area contributed by atoms with Gasteiger partial charge in [0.2, 0.25) is 0 Å². The quantitative estimate of drug-likeness (QED) is 0.821. The summed E-state index contributed by atoms with van der Waals surface area (Å²) >= 11 is 0. The third kappa shape index (κ3) is 2.60. The molecule has 4 rings (SSSR count). The molecular weight excluding hydrogens is 252 g/mol. The van der Waals surface area contributed by atoms with Gasteiger partial charge in [-0.15, -0.1) is 0 Å². The normalized spacial score (nSPS) is 30.9. The molecule has 6 heteroatoms. The molecule has 6 nitrogen and oxygen atoms in total. The highest BCUT2D eigenvalue weighted by atomic mass is 15.4. The molecule has 0 radical (unpaired) electrons. The van der Waals surface area contributed by atoms with Crippen LogP contribution in [0.4, 0.5) is 0 Å². The lowest BCUT2D eigenvalue weighted by molar-refractivity contribution is -0.00245. The van der Waals surface area contributed by atoms with Gasteiger partial charge in [0.15, 0.2) is 0 Å². The lowest BCUT2D eigenvalue weighted by atomic mass is 9.97. The van der Waals surface area contributed by atoms with E-state index in [9.17, 15) is 0 Å². The van der Waals surface area contributed by atoms with Gasteiger partial charge in [0.25, 0.3) is 0 Å². The Hall–Kier alpha value is -0.980. The minimum absolute atomic E-state index is 0.372. The number of likely N-dealkylation sites (N-methyl/N-ethyl adjacent to an activating group) is 1. The van der Waals surface area contributed by atoms with Crippen LogP contribution in [0, 0.1) is 0 Å². The van der Waals surface area contributed by atoms with Crippen molar-refractivity contribution in [2.75, 3.05) is 39.8 Å². The molecule has 1 N–H and O–H groups in total. The fourth-order valence-corrected chi connectivity index (χ4v) is 3.52. The van der Waals surface area contributed by atoms with E-state index in [1.165, 1.54) is 32.7 Å². The van der Waals surface area contributed by atoms with Crippen LogP contribution in [-0.2, 0) is 6.42 Å². The summed E-state index contributed by atoms with van der Waals surface area (Å²) in [7, 11) is 2.07. The number of piperazine rings is 3. The zero-order chi connectivity index (χ0) is 14.1. The van der Waals surface area contributed by atoms with Gasteiger partial charge in [-0.1, -0.05) is 0 Å². The van der Waals surface area contributed by atoms with Gasteiger partial charge >= 0.3 is 0 Å². The van der Waals surface area contributed by atoms with E-state index in [1.54, 1.807) is 6.33 Å². The summed E-state index contributed by atoms with van der Waals surface area (Å²) < 4.78 is 2.04. The van der Waals surface area contributed by atoms with Crippen LogP contribution < -0.4 is 5.32 Å². The number of hydrogen-bond acceptors (Lipinski definition) is 5. The Kier molecular flexibility index (Phi) is 4.05. The van der Waals surface area contributed by atoms with Crippen LogP contribution in [0.1, 0.15) is 25.7 Å². The minimum Gasteiger partial charge on any atom is -0.315 e. The average molecular weight is 278 g/mol. The van der Waals surface area contributed by atoms with Crippen molar-refractivity contribution >= 4 is 0 Å². The molecule has 20 heavy (non-hydrogen) atoms. The van der Waals surface area contributed by atoms with Crippen molar-refractivity contribution in [2.45, 2.75) is 38.4 Å². The molecule has 0 saturated carbocycles. The van der Waals surface area contributed by atoms with Crippen LogP contribution >= 0.6 is 0 Å². The fourth-order valence-electron chi connectivity index (χ4n) is 3.52. The van der Waals surface area contributed by atoms with Crippen molar-refractivity contribution in [1.82, 2.24) is 29.9 Å². The largest absolute Gasteiger partial charge is 0.315 e. The lowest BCUT2D eigenvalue weighted by Crippen LogP contribution is -2.66. The third-order valence-electron chi connectivity index (χ3n) is 4.70. The van der Waals surface area contributed by atoms with E-state index in [0.717, 1.165) is 12.2 Å². The molecule has 0 amide bonds. The highest BCUT2D eigenvalue weighted by Gasteiger charge is 2.36. The summed E-state index contributed by atoms with van der Waals surface area (Å²) in [5, 5.41) is 7.86. The Bertz CT molecular complexity index is 435. The first kappa shape index (κ1) is 14.0. The predicted molar refractivity (Wildman–Crippen MR) is 78.8 cm³/mol. The van der Waals surface area contributed by atoms with Gasteiger partial charge in [0, 0.05) is 57.3 Å². The minimum atomic E-state index is 0.372. The molecule has 2 bridgehead atoms. The van der Waals surface area contributed by atoms with E-state index in [0.29, 0.717) is 18.1 Å². The fraction of sp³-hybridized carbons (Fsp3) is 0.857. The second-order valence-electron chi connectivity index (χ2n) is 6.22. The van der Waals surface area contributed by atoms with E-state index in [-0.39, 0.29) is 0 Å². The number of aromatic nitrogens is 3. The Morgan fingerprint density at radius 1 is 1.30 bits per heavy atom. The van der Waals surface area contributed by atoms with Crippen LogP contribution in [0.25, 0.3) is 0 Å². The molecule has 4 heterocycles. The number of fused-ring (bicyclic) bond motifs is 3. The zero-order valence-electron chi connectivity index (χ0n) is 12.8. The topological polar surface area (TPSA) is 49.2 Å². The van der Waals surface area contributed by atoms with Gasteiger partial charge in [0.05, 0.1) is 0 Å². The number of hydrogen-bond donors (Lipinski definition) is 1. The molecule has 3 aliphatic rings. The summed E-state index contributed by atoms with van der Waals surface area (Å²) in [5.41, 5.74) is 0. The monoisotopic (exact) mass is 278 g/mol. The first-order valence-corrected chi connectivity index (χ1v) is 7.71. The van der Waals surface area contributed by atoms with Crippen LogP contribution in [-0.4, -0.2) is 76.4 Å². The number of nitrogens with zero attached hydrogens (tertiary/aromatic N) is 5. The molecule has 1 aromatic rings. The standard InChI is InChI=1S/C14H26N6/c1-11(2)20-14(16-10-17-20)8-12(15-3)13-9-18-4-6-19(13)7-5-18/h10-13,15H,4-9H2,1-3H3. The highest BCUT2D eigenvalue weighted by Crippen LogP contribution is 2.20. The molecule has 112 valence electrons. The molecule has 0 spiro atoms. The van der Waals surface area contributed by atoms with E-state index >= 15 is 0 Å². The van der Waals surface area contributed by atoms with Gasteiger partial charge in [-0.2, -0.15) is 5.10 Å². The van der Waals surface area contributed by atoms with Crippen molar-refractivity contribution < 1.29 is 0 Å². The van der Waals surface area contributed by atoms with Crippen LogP contribution in [0.3, 0.4) is 0 Å². The van der Waals surface area contributed by atoms with Gasteiger partial charge in [-0.3, -0.25) is 9.80 Å². The molecule has 3 saturated heterocycles. The number of nitrogens with one attached hydrogen (secondary N) is 1. The molecule has 0 aliphatic carbocycles. The maximum atomic E-state index is 4.46.